The molecule has 1 aromatic carbocycles. The van der Waals surface area contributed by atoms with Crippen LogP contribution < -0.4 is 10.1 Å². The summed E-state index contributed by atoms with van der Waals surface area (Å²) in [4.78, 5) is 0. The number of rotatable bonds is 3. The van der Waals surface area contributed by atoms with Crippen LogP contribution in [0.3, 0.4) is 0 Å². The highest BCUT2D eigenvalue weighted by molar-refractivity contribution is 5.29. The lowest BCUT2D eigenvalue weighted by atomic mass is 9.99. The Labute approximate surface area is 95.8 Å². The molecule has 0 saturated carbocycles. The Hall–Kier alpha value is -1.09. The summed E-state index contributed by atoms with van der Waals surface area (Å²) in [5.74, 6) is 0.680. The van der Waals surface area contributed by atoms with E-state index in [-0.39, 0.29) is 5.82 Å². The number of piperidine rings is 1. The summed E-state index contributed by atoms with van der Waals surface area (Å²) in [6.45, 7) is 4.66. The molecule has 0 aromatic heterocycles. The molecular formula is C13H18FNO. The molecule has 1 aliphatic rings. The zero-order valence-electron chi connectivity index (χ0n) is 9.63. The minimum Gasteiger partial charge on any atom is -0.490 e. The molecule has 0 radical (unpaired) electrons. The first-order chi connectivity index (χ1) is 7.75. The summed E-state index contributed by atoms with van der Waals surface area (Å²) in [6.07, 6.45) is 2.24. The average molecular weight is 223 g/mol. The first-order valence-corrected chi connectivity index (χ1v) is 5.85. The van der Waals surface area contributed by atoms with Crippen molar-refractivity contribution in [3.63, 3.8) is 0 Å². The van der Waals surface area contributed by atoms with Crippen LogP contribution in [-0.2, 0) is 0 Å². The Balaban J connectivity index is 1.90. The molecule has 2 nitrogen and oxygen atoms in total. The lowest BCUT2D eigenvalue weighted by molar-refractivity contribution is 0.208. The van der Waals surface area contributed by atoms with Gasteiger partial charge >= 0.3 is 0 Å². The Kier molecular flexibility index (Phi) is 3.78. The summed E-state index contributed by atoms with van der Waals surface area (Å²) in [6, 6.07) is 4.98. The van der Waals surface area contributed by atoms with E-state index in [0.29, 0.717) is 18.3 Å². The molecule has 88 valence electrons. The van der Waals surface area contributed by atoms with Gasteiger partial charge in [-0.25, -0.2) is 4.39 Å². The molecule has 1 heterocycles. The third-order valence-electron chi connectivity index (χ3n) is 3.02. The number of hydrogen-bond donors (Lipinski definition) is 1. The van der Waals surface area contributed by atoms with Crippen LogP contribution in [0.5, 0.6) is 5.75 Å². The van der Waals surface area contributed by atoms with Crippen LogP contribution in [0.15, 0.2) is 18.2 Å². The Morgan fingerprint density at radius 3 is 2.88 bits per heavy atom. The van der Waals surface area contributed by atoms with E-state index in [1.54, 1.807) is 12.1 Å². The van der Waals surface area contributed by atoms with Crippen molar-refractivity contribution in [3.8, 4) is 5.75 Å². The molecule has 0 unspecified atom stereocenters. The normalized spacial score (nSPS) is 17.4. The van der Waals surface area contributed by atoms with Gasteiger partial charge < -0.3 is 10.1 Å². The van der Waals surface area contributed by atoms with Gasteiger partial charge in [0.05, 0.1) is 6.61 Å². The molecule has 0 bridgehead atoms. The molecule has 0 amide bonds. The molecule has 1 saturated heterocycles. The van der Waals surface area contributed by atoms with Crippen molar-refractivity contribution >= 4 is 0 Å². The Morgan fingerprint density at radius 2 is 2.12 bits per heavy atom. The fourth-order valence-corrected chi connectivity index (χ4v) is 1.98. The molecule has 1 fully saturated rings. The quantitative estimate of drug-likeness (QED) is 0.850. The van der Waals surface area contributed by atoms with E-state index in [4.69, 9.17) is 4.74 Å². The lowest BCUT2D eigenvalue weighted by Crippen LogP contribution is -2.30. The van der Waals surface area contributed by atoms with Crippen molar-refractivity contribution in [2.75, 3.05) is 19.7 Å². The van der Waals surface area contributed by atoms with Crippen molar-refractivity contribution in [1.29, 1.82) is 0 Å². The van der Waals surface area contributed by atoms with Crippen molar-refractivity contribution in [3.05, 3.63) is 29.6 Å². The molecule has 3 heteroatoms. The van der Waals surface area contributed by atoms with Crippen LogP contribution in [0, 0.1) is 18.7 Å². The van der Waals surface area contributed by atoms with Crippen LogP contribution >= 0.6 is 0 Å². The predicted molar refractivity (Wildman–Crippen MR) is 62.2 cm³/mol. The maximum atomic E-state index is 13.4. The van der Waals surface area contributed by atoms with Gasteiger partial charge in [-0.2, -0.15) is 0 Å². The minimum absolute atomic E-state index is 0.264. The highest BCUT2D eigenvalue weighted by Crippen LogP contribution is 2.20. The van der Waals surface area contributed by atoms with Gasteiger partial charge in [-0.1, -0.05) is 6.07 Å². The molecule has 16 heavy (non-hydrogen) atoms. The third kappa shape index (κ3) is 2.95. The second-order valence-electron chi connectivity index (χ2n) is 4.44. The van der Waals surface area contributed by atoms with E-state index in [1.807, 2.05) is 6.92 Å². The zero-order chi connectivity index (χ0) is 11.4. The molecule has 1 aliphatic heterocycles. The SMILES string of the molecule is Cc1ccc(F)c(OCC2CCNCC2)c1. The second-order valence-corrected chi connectivity index (χ2v) is 4.44. The van der Waals surface area contributed by atoms with Crippen molar-refractivity contribution in [1.82, 2.24) is 5.32 Å². The van der Waals surface area contributed by atoms with Gasteiger partial charge in [-0.3, -0.25) is 0 Å². The van der Waals surface area contributed by atoms with Crippen LogP contribution in [0.2, 0.25) is 0 Å². The van der Waals surface area contributed by atoms with E-state index in [0.717, 1.165) is 31.5 Å². The fourth-order valence-electron chi connectivity index (χ4n) is 1.98. The van der Waals surface area contributed by atoms with E-state index >= 15 is 0 Å². The average Bonchev–Trinajstić information content (AvgIpc) is 2.32. The van der Waals surface area contributed by atoms with Gasteiger partial charge in [0.15, 0.2) is 11.6 Å². The summed E-state index contributed by atoms with van der Waals surface area (Å²) in [7, 11) is 0. The van der Waals surface area contributed by atoms with Gasteiger partial charge in [0.25, 0.3) is 0 Å². The zero-order valence-corrected chi connectivity index (χ0v) is 9.63. The van der Waals surface area contributed by atoms with Crippen LogP contribution in [0.1, 0.15) is 18.4 Å². The highest BCUT2D eigenvalue weighted by Gasteiger charge is 2.14. The first-order valence-electron chi connectivity index (χ1n) is 5.85. The first kappa shape index (κ1) is 11.4. The molecule has 0 atom stereocenters. The van der Waals surface area contributed by atoms with Crippen molar-refractivity contribution in [2.45, 2.75) is 19.8 Å². The maximum absolute atomic E-state index is 13.4. The number of ether oxygens (including phenoxy) is 1. The van der Waals surface area contributed by atoms with Gasteiger partial charge in [0.1, 0.15) is 0 Å². The summed E-state index contributed by atoms with van der Waals surface area (Å²) in [5, 5.41) is 3.30. The number of benzene rings is 1. The van der Waals surface area contributed by atoms with Crippen molar-refractivity contribution < 1.29 is 9.13 Å². The Bertz CT molecular complexity index is 348. The molecule has 0 aliphatic carbocycles. The Morgan fingerprint density at radius 1 is 1.38 bits per heavy atom. The predicted octanol–water partition coefficient (Wildman–Crippen LogP) is 2.51. The van der Waals surface area contributed by atoms with E-state index in [9.17, 15) is 4.39 Å². The summed E-state index contributed by atoms with van der Waals surface area (Å²) < 4.78 is 18.9. The summed E-state index contributed by atoms with van der Waals surface area (Å²) in [5.41, 5.74) is 1.03. The van der Waals surface area contributed by atoms with Gasteiger partial charge in [0.2, 0.25) is 0 Å². The topological polar surface area (TPSA) is 21.3 Å². The highest BCUT2D eigenvalue weighted by atomic mass is 19.1. The largest absolute Gasteiger partial charge is 0.490 e. The number of nitrogens with one attached hydrogen (secondary N) is 1. The summed E-state index contributed by atoms with van der Waals surface area (Å²) >= 11 is 0. The monoisotopic (exact) mass is 223 g/mol. The van der Waals surface area contributed by atoms with Crippen LogP contribution in [-0.4, -0.2) is 19.7 Å². The fraction of sp³-hybridized carbons (Fsp3) is 0.538. The van der Waals surface area contributed by atoms with Gasteiger partial charge in [-0.15, -0.1) is 0 Å². The maximum Gasteiger partial charge on any atom is 0.165 e. The van der Waals surface area contributed by atoms with Crippen LogP contribution in [0.25, 0.3) is 0 Å². The van der Waals surface area contributed by atoms with Gasteiger partial charge in [-0.05, 0) is 56.5 Å². The van der Waals surface area contributed by atoms with Gasteiger partial charge in [0, 0.05) is 0 Å². The van der Waals surface area contributed by atoms with Crippen molar-refractivity contribution in [2.24, 2.45) is 5.92 Å². The number of halogens is 1. The van der Waals surface area contributed by atoms with E-state index in [1.165, 1.54) is 6.07 Å². The lowest BCUT2D eigenvalue weighted by Gasteiger charge is -2.22. The molecule has 1 aromatic rings. The molecular weight excluding hydrogens is 205 g/mol. The number of hydrogen-bond acceptors (Lipinski definition) is 2. The number of aryl methyl sites for hydroxylation is 1. The van der Waals surface area contributed by atoms with E-state index < -0.39 is 0 Å². The molecule has 1 N–H and O–H groups in total. The molecule has 2 rings (SSSR count). The minimum atomic E-state index is -0.264. The smallest absolute Gasteiger partial charge is 0.165 e. The second kappa shape index (κ2) is 5.30. The third-order valence-corrected chi connectivity index (χ3v) is 3.02. The molecule has 0 spiro atoms. The van der Waals surface area contributed by atoms with E-state index in [2.05, 4.69) is 5.32 Å². The standard InChI is InChI=1S/C13H18FNO/c1-10-2-3-12(14)13(8-10)16-9-11-4-6-15-7-5-11/h2-3,8,11,15H,4-7,9H2,1H3. The van der Waals surface area contributed by atoms with Crippen LogP contribution in [0.4, 0.5) is 4.39 Å².